The molecular formula is C13H18BrNO3. The zero-order valence-electron chi connectivity index (χ0n) is 10.7. The zero-order valence-corrected chi connectivity index (χ0v) is 12.3. The van der Waals surface area contributed by atoms with E-state index in [-0.39, 0.29) is 12.5 Å². The molecule has 0 aliphatic rings. The summed E-state index contributed by atoms with van der Waals surface area (Å²) in [6.45, 7) is 1.75. The highest BCUT2D eigenvalue weighted by molar-refractivity contribution is 9.10. The first-order valence-corrected chi connectivity index (χ1v) is 6.46. The molecule has 0 aromatic heterocycles. The lowest BCUT2D eigenvalue weighted by atomic mass is 10.2. The summed E-state index contributed by atoms with van der Waals surface area (Å²) in [5.41, 5.74) is 1.08. The van der Waals surface area contributed by atoms with Gasteiger partial charge in [0.25, 0.3) is 0 Å². The van der Waals surface area contributed by atoms with Gasteiger partial charge in [-0.25, -0.2) is 0 Å². The molecule has 1 amide bonds. The van der Waals surface area contributed by atoms with E-state index in [1.165, 1.54) is 7.11 Å². The lowest BCUT2D eigenvalue weighted by molar-refractivity contribution is -0.136. The lowest BCUT2D eigenvalue weighted by Crippen LogP contribution is -2.35. The first-order valence-electron chi connectivity index (χ1n) is 5.67. The average Bonchev–Trinajstić information content (AvgIpc) is 2.37. The summed E-state index contributed by atoms with van der Waals surface area (Å²) in [6, 6.07) is 7.91. The highest BCUT2D eigenvalue weighted by Crippen LogP contribution is 2.12. The van der Waals surface area contributed by atoms with Crippen molar-refractivity contribution in [2.24, 2.45) is 0 Å². The topological polar surface area (TPSA) is 38.8 Å². The van der Waals surface area contributed by atoms with E-state index in [0.29, 0.717) is 19.7 Å². The van der Waals surface area contributed by atoms with Crippen molar-refractivity contribution in [2.75, 3.05) is 34.0 Å². The normalized spacial score (nSPS) is 10.4. The highest BCUT2D eigenvalue weighted by atomic mass is 79.9. The maximum Gasteiger partial charge on any atom is 0.248 e. The van der Waals surface area contributed by atoms with Gasteiger partial charge >= 0.3 is 0 Å². The smallest absolute Gasteiger partial charge is 0.248 e. The Morgan fingerprint density at radius 3 is 2.44 bits per heavy atom. The molecule has 0 atom stereocenters. The van der Waals surface area contributed by atoms with Crippen LogP contribution < -0.4 is 0 Å². The molecule has 5 heteroatoms. The molecule has 0 unspecified atom stereocenters. The van der Waals surface area contributed by atoms with Crippen LogP contribution in [0.15, 0.2) is 28.7 Å². The Balaban J connectivity index is 2.64. The summed E-state index contributed by atoms with van der Waals surface area (Å²) < 4.78 is 10.9. The van der Waals surface area contributed by atoms with E-state index in [2.05, 4.69) is 15.9 Å². The molecule has 18 heavy (non-hydrogen) atoms. The third kappa shape index (κ3) is 5.16. The molecule has 100 valence electrons. The van der Waals surface area contributed by atoms with Gasteiger partial charge in [-0.05, 0) is 17.7 Å². The van der Waals surface area contributed by atoms with Crippen LogP contribution in [0.1, 0.15) is 5.56 Å². The first-order chi connectivity index (χ1) is 8.67. The van der Waals surface area contributed by atoms with Crippen molar-refractivity contribution in [1.29, 1.82) is 0 Å². The summed E-state index contributed by atoms with van der Waals surface area (Å²) in [5, 5.41) is 0. The minimum Gasteiger partial charge on any atom is -0.383 e. The van der Waals surface area contributed by atoms with Gasteiger partial charge in [0.2, 0.25) is 5.91 Å². The van der Waals surface area contributed by atoms with Crippen molar-refractivity contribution in [3.63, 3.8) is 0 Å². The molecule has 0 N–H and O–H groups in total. The fraction of sp³-hybridized carbons (Fsp3) is 0.462. The highest BCUT2D eigenvalue weighted by Gasteiger charge is 2.13. The summed E-state index contributed by atoms with van der Waals surface area (Å²) in [7, 11) is 3.14. The molecule has 0 bridgehead atoms. The molecule has 1 rings (SSSR count). The number of carbonyl (C=O) groups excluding carboxylic acids is 1. The average molecular weight is 316 g/mol. The number of hydrogen-bond acceptors (Lipinski definition) is 3. The maximum atomic E-state index is 11.9. The maximum absolute atomic E-state index is 11.9. The monoisotopic (exact) mass is 315 g/mol. The molecule has 0 saturated carbocycles. The molecule has 4 nitrogen and oxygen atoms in total. The summed E-state index contributed by atoms with van der Waals surface area (Å²) in [6.07, 6.45) is 0. The van der Waals surface area contributed by atoms with Crippen LogP contribution in [-0.2, 0) is 20.8 Å². The van der Waals surface area contributed by atoms with E-state index in [1.807, 2.05) is 24.3 Å². The van der Waals surface area contributed by atoms with Crippen LogP contribution in [0.2, 0.25) is 0 Å². The second-order valence-corrected chi connectivity index (χ2v) is 4.78. The predicted octanol–water partition coefficient (Wildman–Crippen LogP) is 2.07. The summed E-state index contributed by atoms with van der Waals surface area (Å²) in [5.74, 6) is -0.0301. The van der Waals surface area contributed by atoms with Gasteiger partial charge in [-0.15, -0.1) is 0 Å². The second kappa shape index (κ2) is 8.24. The number of rotatable bonds is 7. The van der Waals surface area contributed by atoms with Gasteiger partial charge in [-0.3, -0.25) is 4.79 Å². The Hall–Kier alpha value is -0.910. The number of ether oxygens (including phenoxy) is 2. The third-order valence-corrected chi connectivity index (χ3v) is 3.00. The number of nitrogens with zero attached hydrogens (tertiary/aromatic N) is 1. The van der Waals surface area contributed by atoms with E-state index in [1.54, 1.807) is 12.0 Å². The number of halogens is 1. The quantitative estimate of drug-likeness (QED) is 0.773. The lowest BCUT2D eigenvalue weighted by Gasteiger charge is -2.22. The fourth-order valence-electron chi connectivity index (χ4n) is 1.52. The van der Waals surface area contributed by atoms with E-state index in [0.717, 1.165) is 10.0 Å². The van der Waals surface area contributed by atoms with Crippen LogP contribution in [-0.4, -0.2) is 44.8 Å². The van der Waals surface area contributed by atoms with E-state index >= 15 is 0 Å². The van der Waals surface area contributed by atoms with E-state index in [9.17, 15) is 4.79 Å². The van der Waals surface area contributed by atoms with Crippen LogP contribution in [0.4, 0.5) is 0 Å². The zero-order chi connectivity index (χ0) is 13.4. The Labute approximate surface area is 116 Å². The molecule has 0 aliphatic heterocycles. The van der Waals surface area contributed by atoms with Gasteiger partial charge in [0.1, 0.15) is 6.61 Å². The SMILES string of the molecule is COCCN(Cc1ccc(Br)cc1)C(=O)COC. The number of amides is 1. The largest absolute Gasteiger partial charge is 0.383 e. The Morgan fingerprint density at radius 1 is 1.22 bits per heavy atom. The van der Waals surface area contributed by atoms with Crippen molar-refractivity contribution in [3.8, 4) is 0 Å². The molecule has 0 aliphatic carbocycles. The van der Waals surface area contributed by atoms with Crippen molar-refractivity contribution >= 4 is 21.8 Å². The van der Waals surface area contributed by atoms with Crippen LogP contribution in [0.3, 0.4) is 0 Å². The molecule has 1 aromatic rings. The van der Waals surface area contributed by atoms with Gasteiger partial charge in [-0.2, -0.15) is 0 Å². The van der Waals surface area contributed by atoms with Gasteiger partial charge in [-0.1, -0.05) is 28.1 Å². The van der Waals surface area contributed by atoms with Crippen LogP contribution in [0.25, 0.3) is 0 Å². The van der Waals surface area contributed by atoms with Gasteiger partial charge in [0.15, 0.2) is 0 Å². The molecule has 0 saturated heterocycles. The minimum absolute atomic E-state index is 0.0301. The van der Waals surface area contributed by atoms with Crippen molar-refractivity contribution in [1.82, 2.24) is 4.90 Å². The molecule has 0 heterocycles. The molecule has 1 aromatic carbocycles. The fourth-order valence-corrected chi connectivity index (χ4v) is 1.78. The number of benzene rings is 1. The molecular weight excluding hydrogens is 298 g/mol. The van der Waals surface area contributed by atoms with Crippen molar-refractivity contribution < 1.29 is 14.3 Å². The Bertz CT molecular complexity index is 367. The number of hydrogen-bond donors (Lipinski definition) is 0. The second-order valence-electron chi connectivity index (χ2n) is 3.87. The number of carbonyl (C=O) groups is 1. The van der Waals surface area contributed by atoms with E-state index in [4.69, 9.17) is 9.47 Å². The van der Waals surface area contributed by atoms with E-state index < -0.39 is 0 Å². The Morgan fingerprint density at radius 2 is 1.89 bits per heavy atom. The van der Waals surface area contributed by atoms with Crippen LogP contribution in [0, 0.1) is 0 Å². The molecule has 0 spiro atoms. The van der Waals surface area contributed by atoms with Crippen LogP contribution >= 0.6 is 15.9 Å². The minimum atomic E-state index is -0.0301. The summed E-state index contributed by atoms with van der Waals surface area (Å²) in [4.78, 5) is 13.6. The standard InChI is InChI=1S/C13H18BrNO3/c1-17-8-7-15(13(16)10-18-2)9-11-3-5-12(14)6-4-11/h3-6H,7-10H2,1-2H3. The summed E-state index contributed by atoms with van der Waals surface area (Å²) >= 11 is 3.39. The first kappa shape index (κ1) is 15.1. The van der Waals surface area contributed by atoms with Crippen molar-refractivity contribution in [2.45, 2.75) is 6.54 Å². The molecule has 0 radical (unpaired) electrons. The van der Waals surface area contributed by atoms with Crippen molar-refractivity contribution in [3.05, 3.63) is 34.3 Å². The predicted molar refractivity (Wildman–Crippen MR) is 73.3 cm³/mol. The number of methoxy groups -OCH3 is 2. The van der Waals surface area contributed by atoms with Gasteiger partial charge in [0, 0.05) is 31.8 Å². The van der Waals surface area contributed by atoms with Crippen LogP contribution in [0.5, 0.6) is 0 Å². The third-order valence-electron chi connectivity index (χ3n) is 2.47. The Kier molecular flexibility index (Phi) is 6.93. The molecule has 0 fully saturated rings. The van der Waals surface area contributed by atoms with Gasteiger partial charge in [0.05, 0.1) is 6.61 Å². The van der Waals surface area contributed by atoms with Gasteiger partial charge < -0.3 is 14.4 Å².